The third-order valence-corrected chi connectivity index (χ3v) is 7.31. The van der Waals surface area contributed by atoms with E-state index in [2.05, 4.69) is 5.32 Å². The Bertz CT molecular complexity index is 837. The molecule has 0 bridgehead atoms. The largest absolute Gasteiger partial charge is 0.393 e. The van der Waals surface area contributed by atoms with E-state index in [0.29, 0.717) is 17.9 Å². The molecule has 2 heterocycles. The number of aliphatic hydroxyl groups excluding tert-OH is 1. The molecule has 3 aliphatic rings. The number of likely N-dealkylation sites (tertiary alicyclic amines) is 1. The Hall–Kier alpha value is -2.15. The maximum absolute atomic E-state index is 15.0. The molecular formula is C24H34FN3O3. The number of amides is 2. The average Bonchev–Trinajstić information content (AvgIpc) is 3.04. The zero-order chi connectivity index (χ0) is 22.2. The van der Waals surface area contributed by atoms with Gasteiger partial charge in [0.2, 0.25) is 11.8 Å². The summed E-state index contributed by atoms with van der Waals surface area (Å²) in [4.78, 5) is 29.4. The summed E-state index contributed by atoms with van der Waals surface area (Å²) in [5.74, 6) is -0.480. The Balaban J connectivity index is 1.46. The number of carbonyl (C=O) groups is 2. The van der Waals surface area contributed by atoms with Crippen LogP contribution >= 0.6 is 0 Å². The van der Waals surface area contributed by atoms with Crippen LogP contribution in [0.15, 0.2) is 18.2 Å². The van der Waals surface area contributed by atoms with E-state index in [1.807, 2.05) is 9.80 Å². The predicted octanol–water partition coefficient (Wildman–Crippen LogP) is 3.54. The first-order chi connectivity index (χ1) is 14.8. The first kappa shape index (κ1) is 22.1. The van der Waals surface area contributed by atoms with Crippen molar-refractivity contribution in [3.05, 3.63) is 24.0 Å². The second-order valence-electron chi connectivity index (χ2n) is 9.83. The van der Waals surface area contributed by atoms with E-state index in [1.54, 1.807) is 26.0 Å². The maximum Gasteiger partial charge on any atom is 0.230 e. The van der Waals surface area contributed by atoms with Gasteiger partial charge < -0.3 is 20.2 Å². The van der Waals surface area contributed by atoms with Gasteiger partial charge >= 0.3 is 0 Å². The highest BCUT2D eigenvalue weighted by Crippen LogP contribution is 2.43. The number of piperidine rings is 1. The fraction of sp³-hybridized carbons (Fsp3) is 0.667. The highest BCUT2D eigenvalue weighted by molar-refractivity contribution is 5.92. The van der Waals surface area contributed by atoms with Crippen LogP contribution in [0.25, 0.3) is 0 Å². The van der Waals surface area contributed by atoms with Gasteiger partial charge in [-0.15, -0.1) is 0 Å². The molecule has 2 saturated heterocycles. The Morgan fingerprint density at radius 1 is 1.19 bits per heavy atom. The van der Waals surface area contributed by atoms with E-state index in [1.165, 1.54) is 6.07 Å². The lowest BCUT2D eigenvalue weighted by Crippen LogP contribution is -2.50. The second-order valence-corrected chi connectivity index (χ2v) is 9.83. The zero-order valence-corrected chi connectivity index (χ0v) is 18.6. The number of hydrogen-bond acceptors (Lipinski definition) is 4. The molecule has 1 aromatic carbocycles. The number of halogens is 1. The van der Waals surface area contributed by atoms with E-state index < -0.39 is 5.41 Å². The van der Waals surface area contributed by atoms with Crippen molar-refractivity contribution >= 4 is 23.2 Å². The molecule has 1 saturated carbocycles. The summed E-state index contributed by atoms with van der Waals surface area (Å²) in [6.07, 6.45) is 5.54. The van der Waals surface area contributed by atoms with Crippen molar-refractivity contribution in [2.45, 2.75) is 70.9 Å². The van der Waals surface area contributed by atoms with Crippen LogP contribution in [-0.2, 0) is 9.59 Å². The Morgan fingerprint density at radius 2 is 1.94 bits per heavy atom. The van der Waals surface area contributed by atoms with Crippen LogP contribution in [0.3, 0.4) is 0 Å². The lowest BCUT2D eigenvalue weighted by Gasteiger charge is -2.41. The van der Waals surface area contributed by atoms with Crippen molar-refractivity contribution in [2.75, 3.05) is 29.9 Å². The summed E-state index contributed by atoms with van der Waals surface area (Å²) < 4.78 is 15.0. The number of benzene rings is 1. The van der Waals surface area contributed by atoms with Crippen LogP contribution in [0.2, 0.25) is 0 Å². The van der Waals surface area contributed by atoms with E-state index in [0.717, 1.165) is 58.0 Å². The Kier molecular flexibility index (Phi) is 6.24. The van der Waals surface area contributed by atoms with Crippen molar-refractivity contribution in [1.29, 1.82) is 0 Å². The highest BCUT2D eigenvalue weighted by atomic mass is 19.1. The minimum atomic E-state index is -0.439. The van der Waals surface area contributed by atoms with Crippen LogP contribution in [0.5, 0.6) is 0 Å². The van der Waals surface area contributed by atoms with Gasteiger partial charge in [-0.3, -0.25) is 9.59 Å². The molecule has 31 heavy (non-hydrogen) atoms. The molecule has 0 aromatic heterocycles. The Morgan fingerprint density at radius 3 is 2.61 bits per heavy atom. The number of carbonyl (C=O) groups excluding carboxylic acids is 2. The van der Waals surface area contributed by atoms with E-state index in [4.69, 9.17) is 0 Å². The van der Waals surface area contributed by atoms with Crippen molar-refractivity contribution in [3.63, 3.8) is 0 Å². The number of aliphatic hydroxyl groups is 1. The molecule has 4 rings (SSSR count). The van der Waals surface area contributed by atoms with Gasteiger partial charge in [-0.05, 0) is 63.1 Å². The van der Waals surface area contributed by atoms with E-state index in [-0.39, 0.29) is 35.7 Å². The first-order valence-corrected chi connectivity index (χ1v) is 11.6. The lowest BCUT2D eigenvalue weighted by atomic mass is 9.78. The molecule has 7 heteroatoms. The normalized spacial score (nSPS) is 29.1. The SMILES string of the molecule is CC(C)C(=O)Nc1ccc(N2CCC[C@]3(CCN(C4CCC(O)CC4)C3=O)C2)c(F)c1. The third-order valence-electron chi connectivity index (χ3n) is 7.31. The molecule has 1 spiro atoms. The maximum atomic E-state index is 15.0. The van der Waals surface area contributed by atoms with Gasteiger partial charge in [-0.2, -0.15) is 0 Å². The van der Waals surface area contributed by atoms with Gasteiger partial charge in [-0.1, -0.05) is 13.8 Å². The third kappa shape index (κ3) is 4.43. The Labute approximate surface area is 183 Å². The van der Waals surface area contributed by atoms with Gasteiger partial charge in [0.15, 0.2) is 0 Å². The molecule has 1 aromatic rings. The molecule has 2 aliphatic heterocycles. The molecule has 2 amide bonds. The molecule has 2 N–H and O–H groups in total. The van der Waals surface area contributed by atoms with Crippen LogP contribution in [0, 0.1) is 17.2 Å². The minimum Gasteiger partial charge on any atom is -0.393 e. The number of rotatable bonds is 4. The van der Waals surface area contributed by atoms with Crippen molar-refractivity contribution in [3.8, 4) is 0 Å². The molecule has 1 atom stereocenters. The van der Waals surface area contributed by atoms with Crippen molar-refractivity contribution in [1.82, 2.24) is 4.90 Å². The topological polar surface area (TPSA) is 72.9 Å². The molecule has 0 unspecified atom stereocenters. The predicted molar refractivity (Wildman–Crippen MR) is 118 cm³/mol. The molecule has 170 valence electrons. The molecular weight excluding hydrogens is 397 g/mol. The van der Waals surface area contributed by atoms with Crippen LogP contribution in [0.1, 0.15) is 58.8 Å². The molecule has 0 radical (unpaired) electrons. The van der Waals surface area contributed by atoms with Crippen LogP contribution < -0.4 is 10.2 Å². The summed E-state index contributed by atoms with van der Waals surface area (Å²) in [7, 11) is 0. The summed E-state index contributed by atoms with van der Waals surface area (Å²) >= 11 is 0. The standard InChI is InChI=1S/C24H34FN3O3/c1-16(2)22(30)26-17-4-9-21(20(25)14-17)27-12-3-10-24(15-27)11-13-28(23(24)31)18-5-7-19(29)8-6-18/h4,9,14,16,18-19,29H,3,5-8,10-13,15H2,1-2H3,(H,26,30)/t18?,19?,24-/m0/s1. The quantitative estimate of drug-likeness (QED) is 0.765. The molecule has 3 fully saturated rings. The summed E-state index contributed by atoms with van der Waals surface area (Å²) in [6, 6.07) is 5.04. The number of hydrogen-bond donors (Lipinski definition) is 2. The first-order valence-electron chi connectivity index (χ1n) is 11.6. The van der Waals surface area contributed by atoms with Crippen molar-refractivity contribution < 1.29 is 19.1 Å². The molecule has 6 nitrogen and oxygen atoms in total. The fourth-order valence-electron chi connectivity index (χ4n) is 5.41. The summed E-state index contributed by atoms with van der Waals surface area (Å²) in [6.45, 7) is 5.61. The van der Waals surface area contributed by atoms with E-state index in [9.17, 15) is 19.1 Å². The zero-order valence-electron chi connectivity index (χ0n) is 18.6. The van der Waals surface area contributed by atoms with Crippen molar-refractivity contribution in [2.24, 2.45) is 11.3 Å². The molecule has 1 aliphatic carbocycles. The minimum absolute atomic E-state index is 0.143. The van der Waals surface area contributed by atoms with E-state index >= 15 is 0 Å². The average molecular weight is 432 g/mol. The smallest absolute Gasteiger partial charge is 0.230 e. The highest BCUT2D eigenvalue weighted by Gasteiger charge is 2.50. The number of nitrogens with zero attached hydrogens (tertiary/aromatic N) is 2. The fourth-order valence-corrected chi connectivity index (χ4v) is 5.41. The van der Waals surface area contributed by atoms with Crippen LogP contribution in [0.4, 0.5) is 15.8 Å². The summed E-state index contributed by atoms with van der Waals surface area (Å²) in [5, 5.41) is 12.5. The van der Waals surface area contributed by atoms with Gasteiger partial charge in [0.1, 0.15) is 5.82 Å². The number of nitrogens with one attached hydrogen (secondary N) is 1. The van der Waals surface area contributed by atoms with Gasteiger partial charge in [-0.25, -0.2) is 4.39 Å². The summed E-state index contributed by atoms with van der Waals surface area (Å²) in [5.41, 5.74) is 0.508. The van der Waals surface area contributed by atoms with Gasteiger partial charge in [0.25, 0.3) is 0 Å². The van der Waals surface area contributed by atoms with Gasteiger partial charge in [0, 0.05) is 37.3 Å². The monoisotopic (exact) mass is 431 g/mol. The number of anilines is 2. The second kappa shape index (κ2) is 8.77. The van der Waals surface area contributed by atoms with Gasteiger partial charge in [0.05, 0.1) is 17.2 Å². The lowest BCUT2D eigenvalue weighted by molar-refractivity contribution is -0.139. The van der Waals surface area contributed by atoms with Crippen LogP contribution in [-0.4, -0.2) is 53.6 Å².